The van der Waals surface area contributed by atoms with Gasteiger partial charge in [-0.1, -0.05) is 32.0 Å². The Morgan fingerprint density at radius 3 is 2.56 bits per heavy atom. The number of H-pyrrole nitrogens is 1. The van der Waals surface area contributed by atoms with Crippen LogP contribution in [0.5, 0.6) is 0 Å². The molecular formula is C22H30N2O. The van der Waals surface area contributed by atoms with E-state index in [0.717, 1.165) is 28.7 Å². The van der Waals surface area contributed by atoms with Crippen molar-refractivity contribution in [2.45, 2.75) is 58.9 Å². The summed E-state index contributed by atoms with van der Waals surface area (Å²) in [6.07, 6.45) is 6.65. The number of hydrogen-bond acceptors (Lipinski definition) is 1. The monoisotopic (exact) mass is 338 g/mol. The summed E-state index contributed by atoms with van der Waals surface area (Å²) >= 11 is 0. The summed E-state index contributed by atoms with van der Waals surface area (Å²) in [6.45, 7) is 6.99. The number of carbonyl (C=O) groups excluding carboxylic acids is 1. The maximum atomic E-state index is 12.8. The van der Waals surface area contributed by atoms with Crippen LogP contribution in [-0.4, -0.2) is 16.9 Å². The molecule has 1 aromatic carbocycles. The molecule has 0 aliphatic heterocycles. The highest BCUT2D eigenvalue weighted by Crippen LogP contribution is 2.51. The molecule has 4 rings (SSSR count). The fraction of sp³-hybridized carbons (Fsp3) is 0.591. The molecule has 134 valence electrons. The van der Waals surface area contributed by atoms with Crippen LogP contribution in [0.4, 0.5) is 0 Å². The molecule has 2 bridgehead atoms. The highest BCUT2D eigenvalue weighted by atomic mass is 16.1. The third-order valence-corrected chi connectivity index (χ3v) is 6.82. The van der Waals surface area contributed by atoms with Crippen molar-refractivity contribution in [2.24, 2.45) is 23.2 Å². The normalized spacial score (nSPS) is 33.2. The predicted molar refractivity (Wildman–Crippen MR) is 103 cm³/mol. The minimum Gasteiger partial charge on any atom is -0.351 e. The van der Waals surface area contributed by atoms with Crippen molar-refractivity contribution in [3.05, 3.63) is 36.0 Å². The Morgan fingerprint density at radius 2 is 1.88 bits per heavy atom. The molecule has 1 aromatic heterocycles. The van der Waals surface area contributed by atoms with Gasteiger partial charge in [-0.25, -0.2) is 0 Å². The topological polar surface area (TPSA) is 44.9 Å². The van der Waals surface area contributed by atoms with Gasteiger partial charge in [-0.2, -0.15) is 0 Å². The summed E-state index contributed by atoms with van der Waals surface area (Å²) in [5, 5.41) is 4.39. The lowest BCUT2D eigenvalue weighted by molar-refractivity contribution is 0.0239. The Morgan fingerprint density at radius 1 is 1.20 bits per heavy atom. The number of nitrogens with one attached hydrogen (secondary N) is 2. The summed E-state index contributed by atoms with van der Waals surface area (Å²) in [5.74, 6) is 2.60. The molecule has 0 saturated heterocycles. The van der Waals surface area contributed by atoms with E-state index in [9.17, 15) is 4.79 Å². The molecule has 2 aromatic rings. The van der Waals surface area contributed by atoms with E-state index in [0.29, 0.717) is 5.69 Å². The Labute approximate surface area is 150 Å². The van der Waals surface area contributed by atoms with Crippen LogP contribution in [0.25, 0.3) is 10.9 Å². The first-order chi connectivity index (χ1) is 11.9. The first-order valence-corrected chi connectivity index (χ1v) is 9.81. The largest absolute Gasteiger partial charge is 0.351 e. The number of benzene rings is 1. The smallest absolute Gasteiger partial charge is 0.267 e. The second kappa shape index (κ2) is 6.19. The van der Waals surface area contributed by atoms with Gasteiger partial charge in [0.1, 0.15) is 5.69 Å². The van der Waals surface area contributed by atoms with Gasteiger partial charge in [0.05, 0.1) is 0 Å². The van der Waals surface area contributed by atoms with Gasteiger partial charge in [0.25, 0.3) is 5.91 Å². The average Bonchev–Trinajstić information content (AvgIpc) is 2.97. The lowest BCUT2D eigenvalue weighted by Crippen LogP contribution is -2.49. The third kappa shape index (κ3) is 3.21. The number of para-hydroxylation sites is 1. The molecule has 2 N–H and O–H groups in total. The van der Waals surface area contributed by atoms with Crippen LogP contribution in [-0.2, 0) is 0 Å². The van der Waals surface area contributed by atoms with Crippen LogP contribution in [0, 0.1) is 23.2 Å². The Hall–Kier alpha value is -1.77. The number of amides is 1. The van der Waals surface area contributed by atoms with Gasteiger partial charge in [-0.05, 0) is 74.3 Å². The Balaban J connectivity index is 1.47. The molecule has 2 saturated carbocycles. The van der Waals surface area contributed by atoms with Crippen molar-refractivity contribution in [2.75, 3.05) is 0 Å². The van der Waals surface area contributed by atoms with Crippen LogP contribution in [0.15, 0.2) is 30.3 Å². The zero-order valence-electron chi connectivity index (χ0n) is 15.6. The quantitative estimate of drug-likeness (QED) is 0.800. The zero-order valence-corrected chi connectivity index (χ0v) is 15.6. The van der Waals surface area contributed by atoms with E-state index in [4.69, 9.17) is 0 Å². The van der Waals surface area contributed by atoms with Crippen LogP contribution in [0.1, 0.15) is 63.4 Å². The number of fused-ring (bicyclic) bond motifs is 3. The van der Waals surface area contributed by atoms with Crippen molar-refractivity contribution in [1.82, 2.24) is 10.3 Å². The van der Waals surface area contributed by atoms with Gasteiger partial charge in [0.2, 0.25) is 0 Å². The van der Waals surface area contributed by atoms with E-state index < -0.39 is 0 Å². The summed E-state index contributed by atoms with van der Waals surface area (Å²) < 4.78 is 0. The minimum atomic E-state index is 0.0222. The van der Waals surface area contributed by atoms with Crippen LogP contribution < -0.4 is 5.32 Å². The maximum Gasteiger partial charge on any atom is 0.267 e. The molecule has 3 heteroatoms. The lowest BCUT2D eigenvalue weighted by Gasteiger charge is -2.50. The zero-order chi connectivity index (χ0) is 17.6. The maximum absolute atomic E-state index is 12.8. The van der Waals surface area contributed by atoms with Crippen molar-refractivity contribution in [1.29, 1.82) is 0 Å². The molecule has 0 spiro atoms. The number of rotatable bonds is 3. The van der Waals surface area contributed by atoms with Crippen molar-refractivity contribution < 1.29 is 4.79 Å². The first-order valence-electron chi connectivity index (χ1n) is 9.81. The third-order valence-electron chi connectivity index (χ3n) is 6.82. The van der Waals surface area contributed by atoms with Gasteiger partial charge < -0.3 is 10.3 Å². The van der Waals surface area contributed by atoms with Crippen LogP contribution in [0.3, 0.4) is 0 Å². The highest BCUT2D eigenvalue weighted by Gasteiger charge is 2.44. The van der Waals surface area contributed by atoms with Gasteiger partial charge >= 0.3 is 0 Å². The highest BCUT2D eigenvalue weighted by molar-refractivity contribution is 5.98. The van der Waals surface area contributed by atoms with Crippen molar-refractivity contribution in [3.8, 4) is 0 Å². The molecule has 2 fully saturated rings. The molecular weight excluding hydrogens is 308 g/mol. The predicted octanol–water partition coefficient (Wildman–Crippen LogP) is 5.14. The van der Waals surface area contributed by atoms with Gasteiger partial charge in [0, 0.05) is 16.9 Å². The number of hydrogen-bond donors (Lipinski definition) is 2. The Kier molecular flexibility index (Phi) is 4.13. The molecule has 2 aliphatic rings. The second-order valence-corrected chi connectivity index (χ2v) is 9.07. The molecule has 2 aliphatic carbocycles. The summed E-state index contributed by atoms with van der Waals surface area (Å²) in [5.41, 5.74) is 1.91. The molecule has 1 amide bonds. The summed E-state index contributed by atoms with van der Waals surface area (Å²) in [4.78, 5) is 16.0. The van der Waals surface area contributed by atoms with E-state index in [2.05, 4.69) is 31.1 Å². The first kappa shape index (κ1) is 16.7. The molecule has 3 nitrogen and oxygen atoms in total. The number of aromatic amines is 1. The number of carbonyl (C=O) groups is 1. The molecule has 0 radical (unpaired) electrons. The van der Waals surface area contributed by atoms with Crippen molar-refractivity contribution in [3.63, 3.8) is 0 Å². The fourth-order valence-corrected chi connectivity index (χ4v) is 5.63. The van der Waals surface area contributed by atoms with E-state index in [1.54, 1.807) is 0 Å². The minimum absolute atomic E-state index is 0.0222. The fourth-order valence-electron chi connectivity index (χ4n) is 5.63. The van der Waals surface area contributed by atoms with E-state index in [-0.39, 0.29) is 17.4 Å². The van der Waals surface area contributed by atoms with Gasteiger partial charge in [-0.15, -0.1) is 0 Å². The van der Waals surface area contributed by atoms with E-state index >= 15 is 0 Å². The second-order valence-electron chi connectivity index (χ2n) is 9.07. The van der Waals surface area contributed by atoms with Crippen molar-refractivity contribution >= 4 is 16.8 Å². The number of aromatic nitrogens is 1. The van der Waals surface area contributed by atoms with Crippen LogP contribution in [0.2, 0.25) is 0 Å². The summed E-state index contributed by atoms with van der Waals surface area (Å²) in [6, 6.07) is 10.2. The van der Waals surface area contributed by atoms with E-state index in [1.165, 1.54) is 32.1 Å². The van der Waals surface area contributed by atoms with Gasteiger partial charge in [-0.3, -0.25) is 4.79 Å². The lowest BCUT2D eigenvalue weighted by atomic mass is 9.57. The standard InChI is InChI=1S/C22H30N2O/c1-14-8-16-10-17(9-14)13-22(3,12-16)15(2)23-21(25)20-11-18-6-4-5-7-19(18)24-20/h4-7,11,14-17,24H,8-10,12-13H2,1-3H3,(H,23,25). The average molecular weight is 338 g/mol. The molecule has 1 heterocycles. The molecule has 3 atom stereocenters. The molecule has 25 heavy (non-hydrogen) atoms. The van der Waals surface area contributed by atoms with Gasteiger partial charge in [0.15, 0.2) is 0 Å². The molecule has 3 unspecified atom stereocenters. The van der Waals surface area contributed by atoms with E-state index in [1.807, 2.05) is 30.3 Å². The Bertz CT molecular complexity index is 726. The SMILES string of the molecule is CC1CC2CC(C1)CC(C)(C(C)NC(=O)c1cc3ccccc3[nH]1)C2. The van der Waals surface area contributed by atoms with Crippen LogP contribution >= 0.6 is 0 Å². The summed E-state index contributed by atoms with van der Waals surface area (Å²) in [7, 11) is 0.